The van der Waals surface area contributed by atoms with Gasteiger partial charge in [0, 0.05) is 59.6 Å². The minimum atomic E-state index is 0.854. The minimum absolute atomic E-state index is 0.854. The van der Waals surface area contributed by atoms with Gasteiger partial charge in [0.05, 0.1) is 27.9 Å². The highest BCUT2D eigenvalue weighted by molar-refractivity contribution is 6.30. The van der Waals surface area contributed by atoms with Crippen LogP contribution in [0.15, 0.2) is 179 Å². The Hall–Kier alpha value is -7.17. The predicted molar refractivity (Wildman–Crippen MR) is 219 cm³/mol. The van der Waals surface area contributed by atoms with E-state index >= 15 is 0 Å². The van der Waals surface area contributed by atoms with Crippen LogP contribution in [0.25, 0.3) is 115 Å². The first-order valence-corrected chi connectivity index (χ1v) is 18.0. The van der Waals surface area contributed by atoms with Crippen molar-refractivity contribution in [2.24, 2.45) is 0 Å². The third-order valence-electron chi connectivity index (χ3n) is 11.0. The van der Waals surface area contributed by atoms with E-state index in [0.29, 0.717) is 0 Å². The standard InChI is InChI=1S/C49H28N2O2/c1-2-13-29(14-3-1)47-38-28-42(49-46(36-18-7-11-24-44(36)53-49)45(38)35-17-4-8-21-39(35)50-47)51-40-22-9-5-15-32(40)37-27-30(25-26-41(37)51)31-19-12-20-34-33-16-6-10-23-43(33)52-48(31)34/h1-28H. The number of fused-ring (bicyclic) bond motifs is 13. The van der Waals surface area contributed by atoms with E-state index in [4.69, 9.17) is 13.8 Å². The molecule has 12 aromatic rings. The van der Waals surface area contributed by atoms with Crippen LogP contribution in [0.1, 0.15) is 0 Å². The van der Waals surface area contributed by atoms with Crippen molar-refractivity contribution in [1.82, 2.24) is 9.55 Å². The van der Waals surface area contributed by atoms with Crippen LogP contribution in [0, 0.1) is 0 Å². The molecule has 4 nitrogen and oxygen atoms in total. The molecule has 4 heteroatoms. The third-order valence-corrected chi connectivity index (χ3v) is 11.0. The van der Waals surface area contributed by atoms with Gasteiger partial charge in [0.1, 0.15) is 16.7 Å². The van der Waals surface area contributed by atoms with Gasteiger partial charge in [-0.1, -0.05) is 127 Å². The lowest BCUT2D eigenvalue weighted by Gasteiger charge is -2.15. The van der Waals surface area contributed by atoms with E-state index in [0.717, 1.165) is 110 Å². The number of benzene rings is 8. The number of para-hydroxylation sites is 5. The van der Waals surface area contributed by atoms with Gasteiger partial charge in [-0.3, -0.25) is 0 Å². The molecule has 0 amide bonds. The summed E-state index contributed by atoms with van der Waals surface area (Å²) in [5.74, 6) is 0. The Bertz CT molecular complexity index is 3460. The molecule has 246 valence electrons. The summed E-state index contributed by atoms with van der Waals surface area (Å²) < 4.78 is 15.8. The second kappa shape index (κ2) is 10.7. The highest BCUT2D eigenvalue weighted by atomic mass is 16.3. The summed E-state index contributed by atoms with van der Waals surface area (Å²) in [4.78, 5) is 5.33. The first-order valence-electron chi connectivity index (χ1n) is 18.0. The van der Waals surface area contributed by atoms with Gasteiger partial charge in [-0.15, -0.1) is 0 Å². The van der Waals surface area contributed by atoms with E-state index in [1.165, 1.54) is 5.39 Å². The van der Waals surface area contributed by atoms with Gasteiger partial charge in [0.15, 0.2) is 5.58 Å². The number of hydrogen-bond donors (Lipinski definition) is 0. The first-order chi connectivity index (χ1) is 26.3. The fraction of sp³-hybridized carbons (Fsp3) is 0. The van der Waals surface area contributed by atoms with Crippen LogP contribution in [-0.2, 0) is 0 Å². The van der Waals surface area contributed by atoms with E-state index in [9.17, 15) is 0 Å². The lowest BCUT2D eigenvalue weighted by Crippen LogP contribution is -1.97. The van der Waals surface area contributed by atoms with Gasteiger partial charge in [-0.05, 0) is 48.0 Å². The molecule has 0 atom stereocenters. The molecule has 4 heterocycles. The molecule has 0 aliphatic rings. The van der Waals surface area contributed by atoms with Gasteiger partial charge in [-0.2, -0.15) is 0 Å². The molecule has 0 spiro atoms. The number of aromatic nitrogens is 2. The molecule has 0 saturated carbocycles. The molecule has 0 aliphatic heterocycles. The summed E-state index contributed by atoms with van der Waals surface area (Å²) in [6.45, 7) is 0. The SMILES string of the molecule is c1ccc(-c2nc3ccccc3c3c2cc(-n2c4ccccc4c4cc(-c5cccc6c5oc5ccccc56)ccc42)c2oc4ccccc4c23)cc1. The van der Waals surface area contributed by atoms with Crippen LogP contribution < -0.4 is 0 Å². The van der Waals surface area contributed by atoms with Gasteiger partial charge < -0.3 is 13.4 Å². The highest BCUT2D eigenvalue weighted by Crippen LogP contribution is 2.46. The van der Waals surface area contributed by atoms with Crippen molar-refractivity contribution < 1.29 is 8.83 Å². The predicted octanol–water partition coefficient (Wildman–Crippen LogP) is 13.6. The topological polar surface area (TPSA) is 44.1 Å². The number of rotatable bonds is 3. The van der Waals surface area contributed by atoms with Crippen molar-refractivity contribution in [3.63, 3.8) is 0 Å². The Labute approximate surface area is 302 Å². The summed E-state index contributed by atoms with van der Waals surface area (Å²) in [5, 5.41) is 10.1. The maximum absolute atomic E-state index is 6.92. The van der Waals surface area contributed by atoms with Gasteiger partial charge in [0.2, 0.25) is 0 Å². The molecule has 0 aliphatic carbocycles. The van der Waals surface area contributed by atoms with Crippen molar-refractivity contribution in [1.29, 1.82) is 0 Å². The average molecular weight is 677 g/mol. The molecular formula is C49H28N2O2. The molecule has 0 fully saturated rings. The zero-order valence-corrected chi connectivity index (χ0v) is 28.4. The second-order valence-electron chi connectivity index (χ2n) is 13.8. The molecule has 4 aromatic heterocycles. The molecule has 8 aromatic carbocycles. The smallest absolute Gasteiger partial charge is 0.160 e. The molecule has 0 unspecified atom stereocenters. The summed E-state index contributed by atoms with van der Waals surface area (Å²) in [6, 6.07) is 59.9. The van der Waals surface area contributed by atoms with Gasteiger partial charge in [-0.25, -0.2) is 4.98 Å². The van der Waals surface area contributed by atoms with Crippen LogP contribution >= 0.6 is 0 Å². The van der Waals surface area contributed by atoms with Crippen molar-refractivity contribution in [2.45, 2.75) is 0 Å². The zero-order valence-electron chi connectivity index (χ0n) is 28.4. The number of hydrogen-bond acceptors (Lipinski definition) is 3. The fourth-order valence-electron chi connectivity index (χ4n) is 8.67. The zero-order chi connectivity index (χ0) is 34.6. The van der Waals surface area contributed by atoms with E-state index in [1.54, 1.807) is 0 Å². The van der Waals surface area contributed by atoms with E-state index in [1.807, 2.05) is 18.2 Å². The highest BCUT2D eigenvalue weighted by Gasteiger charge is 2.24. The Morgan fingerprint density at radius 1 is 0.396 bits per heavy atom. The quantitative estimate of drug-likeness (QED) is 0.175. The second-order valence-corrected chi connectivity index (χ2v) is 13.8. The Morgan fingerprint density at radius 2 is 1.06 bits per heavy atom. The number of nitrogens with zero attached hydrogens (tertiary/aromatic N) is 2. The summed E-state index contributed by atoms with van der Waals surface area (Å²) in [7, 11) is 0. The monoisotopic (exact) mass is 676 g/mol. The number of pyridine rings is 1. The van der Waals surface area contributed by atoms with E-state index in [2.05, 4.69) is 156 Å². The van der Waals surface area contributed by atoms with Crippen molar-refractivity contribution >= 4 is 87.4 Å². The molecule has 0 bridgehead atoms. The molecular weight excluding hydrogens is 649 g/mol. The van der Waals surface area contributed by atoms with Crippen molar-refractivity contribution in [2.75, 3.05) is 0 Å². The number of furan rings is 2. The summed E-state index contributed by atoms with van der Waals surface area (Å²) in [6.07, 6.45) is 0. The van der Waals surface area contributed by atoms with Crippen LogP contribution in [0.2, 0.25) is 0 Å². The molecule has 12 rings (SSSR count). The Balaban J connectivity index is 1.21. The summed E-state index contributed by atoms with van der Waals surface area (Å²) >= 11 is 0. The van der Waals surface area contributed by atoms with Gasteiger partial charge in [0.25, 0.3) is 0 Å². The lowest BCUT2D eigenvalue weighted by atomic mass is 9.95. The van der Waals surface area contributed by atoms with Crippen LogP contribution in [0.5, 0.6) is 0 Å². The maximum Gasteiger partial charge on any atom is 0.160 e. The third kappa shape index (κ3) is 3.98. The first kappa shape index (κ1) is 28.5. The lowest BCUT2D eigenvalue weighted by molar-refractivity contribution is 0.666. The van der Waals surface area contributed by atoms with Crippen molar-refractivity contribution in [3.05, 3.63) is 170 Å². The van der Waals surface area contributed by atoms with Crippen LogP contribution in [-0.4, -0.2) is 9.55 Å². The van der Waals surface area contributed by atoms with Crippen LogP contribution in [0.4, 0.5) is 0 Å². The van der Waals surface area contributed by atoms with E-state index in [-0.39, 0.29) is 0 Å². The minimum Gasteiger partial charge on any atom is -0.455 e. The largest absolute Gasteiger partial charge is 0.455 e. The average Bonchev–Trinajstić information content (AvgIpc) is 3.90. The maximum atomic E-state index is 6.92. The normalized spacial score (nSPS) is 12.2. The van der Waals surface area contributed by atoms with Crippen LogP contribution in [0.3, 0.4) is 0 Å². The summed E-state index contributed by atoms with van der Waals surface area (Å²) in [5.41, 5.74) is 11.9. The van der Waals surface area contributed by atoms with E-state index < -0.39 is 0 Å². The molecule has 0 radical (unpaired) electrons. The molecule has 0 saturated heterocycles. The fourth-order valence-corrected chi connectivity index (χ4v) is 8.67. The molecule has 53 heavy (non-hydrogen) atoms. The van der Waals surface area contributed by atoms with Gasteiger partial charge >= 0.3 is 0 Å². The molecule has 0 N–H and O–H groups in total. The Kier molecular flexibility index (Phi) is 5.74. The Morgan fingerprint density at radius 3 is 1.92 bits per heavy atom. The van der Waals surface area contributed by atoms with Crippen molar-refractivity contribution in [3.8, 4) is 28.1 Å².